The molecule has 0 aliphatic carbocycles. The van der Waals surface area contributed by atoms with Gasteiger partial charge < -0.3 is 14.5 Å². The number of amides is 1. The maximum absolute atomic E-state index is 12.7. The molecule has 10 heteroatoms. The summed E-state index contributed by atoms with van der Waals surface area (Å²) in [7, 11) is 0. The first kappa shape index (κ1) is 18.7. The number of rotatable bonds is 5. The van der Waals surface area contributed by atoms with Crippen LogP contribution in [-0.4, -0.2) is 12.5 Å². The van der Waals surface area contributed by atoms with Crippen molar-refractivity contribution in [1.82, 2.24) is 5.32 Å². The fourth-order valence-corrected chi connectivity index (χ4v) is 1.81. The monoisotopic (exact) mass is 367 g/mol. The minimum Gasteiger partial charge on any atom is -0.484 e. The van der Waals surface area contributed by atoms with E-state index < -0.39 is 41.7 Å². The summed E-state index contributed by atoms with van der Waals surface area (Å²) < 4.78 is 85.9. The molecule has 0 radical (unpaired) electrons. The number of carbonyl (C=O) groups is 1. The van der Waals surface area contributed by atoms with Crippen molar-refractivity contribution in [2.75, 3.05) is 6.61 Å². The minimum atomic E-state index is -4.99. The largest absolute Gasteiger partial charge is 0.484 e. The van der Waals surface area contributed by atoms with E-state index in [4.69, 9.17) is 9.15 Å². The van der Waals surface area contributed by atoms with Gasteiger partial charge >= 0.3 is 12.4 Å². The van der Waals surface area contributed by atoms with Crippen molar-refractivity contribution in [1.29, 1.82) is 0 Å². The summed E-state index contributed by atoms with van der Waals surface area (Å²) in [4.78, 5) is 11.6. The van der Waals surface area contributed by atoms with Crippen molar-refractivity contribution in [3.05, 3.63) is 53.5 Å². The highest BCUT2D eigenvalue weighted by Gasteiger charge is 2.37. The molecule has 4 nitrogen and oxygen atoms in total. The number of halogens is 6. The smallest absolute Gasteiger partial charge is 0.416 e. The molecule has 0 saturated heterocycles. The Morgan fingerprint density at radius 3 is 2.12 bits per heavy atom. The van der Waals surface area contributed by atoms with Gasteiger partial charge in [-0.25, -0.2) is 0 Å². The van der Waals surface area contributed by atoms with Crippen LogP contribution in [0.1, 0.15) is 16.9 Å². The zero-order chi connectivity index (χ0) is 18.7. The predicted molar refractivity (Wildman–Crippen MR) is 72.5 cm³/mol. The van der Waals surface area contributed by atoms with Gasteiger partial charge in [-0.1, -0.05) is 0 Å². The number of carbonyl (C=O) groups excluding carboxylic acids is 1. The average molecular weight is 367 g/mol. The van der Waals surface area contributed by atoms with Gasteiger partial charge in [0, 0.05) is 0 Å². The van der Waals surface area contributed by atoms with Crippen molar-refractivity contribution in [2.45, 2.75) is 18.9 Å². The molecule has 136 valence electrons. The lowest BCUT2D eigenvalue weighted by Crippen LogP contribution is -2.28. The van der Waals surface area contributed by atoms with E-state index in [9.17, 15) is 31.1 Å². The molecular formula is C15H11F6NO3. The van der Waals surface area contributed by atoms with Crippen LogP contribution in [0.2, 0.25) is 0 Å². The topological polar surface area (TPSA) is 51.5 Å². The molecule has 1 amide bonds. The van der Waals surface area contributed by atoms with Crippen molar-refractivity contribution in [3.8, 4) is 5.75 Å². The first-order chi connectivity index (χ1) is 11.6. The summed E-state index contributed by atoms with van der Waals surface area (Å²) in [6, 6.07) is 3.93. The van der Waals surface area contributed by atoms with Crippen LogP contribution in [-0.2, 0) is 23.7 Å². The zero-order valence-corrected chi connectivity index (χ0v) is 12.4. The van der Waals surface area contributed by atoms with Crippen LogP contribution in [0.4, 0.5) is 26.3 Å². The molecule has 0 saturated carbocycles. The lowest BCUT2D eigenvalue weighted by Gasteiger charge is -2.14. The normalized spacial score (nSPS) is 12.1. The van der Waals surface area contributed by atoms with E-state index in [-0.39, 0.29) is 12.6 Å². The predicted octanol–water partition coefficient (Wildman–Crippen LogP) is 4.01. The number of hydrogen-bond donors (Lipinski definition) is 1. The summed E-state index contributed by atoms with van der Waals surface area (Å²) in [5, 5.41) is 2.34. The SMILES string of the molecule is O=C(COc1cc(C(F)(F)F)cc(C(F)(F)F)c1)NCc1ccco1. The van der Waals surface area contributed by atoms with Crippen LogP contribution in [0.25, 0.3) is 0 Å². The Labute approximate surface area is 137 Å². The maximum atomic E-state index is 12.7. The van der Waals surface area contributed by atoms with Gasteiger partial charge in [-0.3, -0.25) is 4.79 Å². The average Bonchev–Trinajstić information content (AvgIpc) is 3.02. The number of ether oxygens (including phenoxy) is 1. The number of nitrogens with one attached hydrogen (secondary N) is 1. The summed E-state index contributed by atoms with van der Waals surface area (Å²) in [6.45, 7) is -0.745. The van der Waals surface area contributed by atoms with Crippen LogP contribution in [0, 0.1) is 0 Å². The lowest BCUT2D eigenvalue weighted by atomic mass is 10.1. The van der Waals surface area contributed by atoms with Gasteiger partial charge in [0.25, 0.3) is 5.91 Å². The molecule has 0 aliphatic rings. The Kier molecular flexibility index (Phi) is 5.29. The molecule has 0 bridgehead atoms. The van der Waals surface area contributed by atoms with E-state index in [1.807, 2.05) is 0 Å². The van der Waals surface area contributed by atoms with Crippen LogP contribution < -0.4 is 10.1 Å². The second-order valence-corrected chi connectivity index (χ2v) is 4.89. The Morgan fingerprint density at radius 2 is 1.64 bits per heavy atom. The molecule has 25 heavy (non-hydrogen) atoms. The first-order valence-electron chi connectivity index (χ1n) is 6.77. The Hall–Kier alpha value is -2.65. The van der Waals surface area contributed by atoms with E-state index >= 15 is 0 Å². The summed E-state index contributed by atoms with van der Waals surface area (Å²) >= 11 is 0. The standard InChI is InChI=1S/C15H11F6NO3/c16-14(17,18)9-4-10(15(19,20)21)6-12(5-9)25-8-13(23)22-7-11-2-1-3-24-11/h1-6H,7-8H2,(H,22,23). The van der Waals surface area contributed by atoms with Crippen molar-refractivity contribution in [3.63, 3.8) is 0 Å². The van der Waals surface area contributed by atoms with Gasteiger partial charge in [0.2, 0.25) is 0 Å². The highest BCUT2D eigenvalue weighted by atomic mass is 19.4. The molecule has 1 aromatic carbocycles. The quantitative estimate of drug-likeness (QED) is 0.813. The van der Waals surface area contributed by atoms with Gasteiger partial charge in [-0.15, -0.1) is 0 Å². The zero-order valence-electron chi connectivity index (χ0n) is 12.4. The fraction of sp³-hybridized carbons (Fsp3) is 0.267. The molecule has 1 aromatic heterocycles. The minimum absolute atomic E-state index is 0.00554. The van der Waals surface area contributed by atoms with E-state index in [2.05, 4.69) is 5.32 Å². The summed E-state index contributed by atoms with van der Waals surface area (Å²) in [5.41, 5.74) is -3.04. The van der Waals surface area contributed by atoms with Crippen molar-refractivity contribution >= 4 is 5.91 Å². The third kappa shape index (κ3) is 5.44. The Bertz CT molecular complexity index is 690. The van der Waals surface area contributed by atoms with Crippen LogP contribution in [0.5, 0.6) is 5.75 Å². The molecule has 0 aliphatic heterocycles. The number of benzene rings is 1. The Morgan fingerprint density at radius 1 is 1.04 bits per heavy atom. The molecule has 1 heterocycles. The van der Waals surface area contributed by atoms with Crippen molar-refractivity contribution in [2.24, 2.45) is 0 Å². The van der Waals surface area contributed by atoms with E-state index in [0.717, 1.165) is 0 Å². The number of hydrogen-bond acceptors (Lipinski definition) is 3. The number of alkyl halides is 6. The van der Waals surface area contributed by atoms with E-state index in [1.165, 1.54) is 6.26 Å². The molecule has 0 spiro atoms. The summed E-state index contributed by atoms with van der Waals surface area (Å²) in [5.74, 6) is -1.02. The first-order valence-corrected chi connectivity index (χ1v) is 6.77. The number of furan rings is 1. The highest BCUT2D eigenvalue weighted by Crippen LogP contribution is 2.38. The molecule has 0 unspecified atom stereocenters. The third-order valence-electron chi connectivity index (χ3n) is 2.97. The second-order valence-electron chi connectivity index (χ2n) is 4.89. The molecule has 0 fully saturated rings. The molecule has 1 N–H and O–H groups in total. The fourth-order valence-electron chi connectivity index (χ4n) is 1.81. The third-order valence-corrected chi connectivity index (χ3v) is 2.97. The second kappa shape index (κ2) is 7.08. The summed E-state index contributed by atoms with van der Waals surface area (Å²) in [6.07, 6.45) is -8.60. The van der Waals surface area contributed by atoms with Gasteiger partial charge in [-0.05, 0) is 30.3 Å². The van der Waals surface area contributed by atoms with Gasteiger partial charge in [-0.2, -0.15) is 26.3 Å². The van der Waals surface area contributed by atoms with Crippen LogP contribution in [0.15, 0.2) is 41.0 Å². The lowest BCUT2D eigenvalue weighted by molar-refractivity contribution is -0.143. The maximum Gasteiger partial charge on any atom is 0.416 e. The molecule has 2 aromatic rings. The molecule has 0 atom stereocenters. The van der Waals surface area contributed by atoms with Gasteiger partial charge in [0.05, 0.1) is 23.9 Å². The Balaban J connectivity index is 2.06. The van der Waals surface area contributed by atoms with Gasteiger partial charge in [0.1, 0.15) is 11.5 Å². The molecule has 2 rings (SSSR count). The van der Waals surface area contributed by atoms with Gasteiger partial charge in [0.15, 0.2) is 6.61 Å². The van der Waals surface area contributed by atoms with Crippen molar-refractivity contribution < 1.29 is 40.3 Å². The molecular weight excluding hydrogens is 356 g/mol. The van der Waals surface area contributed by atoms with Crippen LogP contribution in [0.3, 0.4) is 0 Å². The van der Waals surface area contributed by atoms with E-state index in [0.29, 0.717) is 17.9 Å². The van der Waals surface area contributed by atoms with E-state index in [1.54, 1.807) is 12.1 Å². The highest BCUT2D eigenvalue weighted by molar-refractivity contribution is 5.77. The van der Waals surface area contributed by atoms with Crippen LogP contribution >= 0.6 is 0 Å².